The topological polar surface area (TPSA) is 93.5 Å². The van der Waals surface area contributed by atoms with Crippen molar-refractivity contribution in [2.24, 2.45) is 0 Å². The first-order chi connectivity index (χ1) is 14.3. The molecular weight excluding hydrogens is 384 g/mol. The Balaban J connectivity index is 1.71. The van der Waals surface area contributed by atoms with Crippen LogP contribution in [0.5, 0.6) is 0 Å². The molecule has 0 spiro atoms. The highest BCUT2D eigenvalue weighted by atomic mass is 16.5. The molecule has 1 fully saturated rings. The van der Waals surface area contributed by atoms with Crippen molar-refractivity contribution >= 4 is 23.5 Å². The zero-order valence-corrected chi connectivity index (χ0v) is 17.9. The number of amides is 2. The van der Waals surface area contributed by atoms with Gasteiger partial charge in [-0.15, -0.1) is 0 Å². The first-order valence-electron chi connectivity index (χ1n) is 10.2. The molecule has 0 bridgehead atoms. The predicted octanol–water partition coefficient (Wildman–Crippen LogP) is 3.11. The maximum absolute atomic E-state index is 12.8. The van der Waals surface area contributed by atoms with E-state index in [0.29, 0.717) is 36.6 Å². The van der Waals surface area contributed by atoms with Gasteiger partial charge in [0.15, 0.2) is 0 Å². The smallest absolute Gasteiger partial charge is 0.338 e. The predicted molar refractivity (Wildman–Crippen MR) is 113 cm³/mol. The van der Waals surface area contributed by atoms with Crippen LogP contribution >= 0.6 is 0 Å². The van der Waals surface area contributed by atoms with Gasteiger partial charge in [-0.25, -0.2) is 9.78 Å². The Hall–Kier alpha value is -3.16. The SMILES string of the molecule is CCOC(=O)c1ccc(NC(=O)c2nc(C)n(C3CCN(C(C)=O)CC3)c2C)cc1. The van der Waals surface area contributed by atoms with E-state index in [1.54, 1.807) is 38.1 Å². The van der Waals surface area contributed by atoms with E-state index in [0.717, 1.165) is 24.4 Å². The molecule has 2 aromatic rings. The van der Waals surface area contributed by atoms with Crippen molar-refractivity contribution < 1.29 is 19.1 Å². The number of hydrogen-bond donors (Lipinski definition) is 1. The van der Waals surface area contributed by atoms with Crippen molar-refractivity contribution in [3.8, 4) is 0 Å². The largest absolute Gasteiger partial charge is 0.462 e. The lowest BCUT2D eigenvalue weighted by Crippen LogP contribution is -2.38. The second-order valence-electron chi connectivity index (χ2n) is 7.45. The highest BCUT2D eigenvalue weighted by Gasteiger charge is 2.27. The third-order valence-corrected chi connectivity index (χ3v) is 5.47. The van der Waals surface area contributed by atoms with Gasteiger partial charge in [-0.05, 0) is 57.9 Å². The van der Waals surface area contributed by atoms with Gasteiger partial charge in [-0.3, -0.25) is 9.59 Å². The summed E-state index contributed by atoms with van der Waals surface area (Å²) >= 11 is 0. The maximum atomic E-state index is 12.8. The number of nitrogens with one attached hydrogen (secondary N) is 1. The van der Waals surface area contributed by atoms with Gasteiger partial charge in [-0.2, -0.15) is 0 Å². The molecule has 1 aliphatic heterocycles. The number of nitrogens with zero attached hydrogens (tertiary/aromatic N) is 3. The fourth-order valence-electron chi connectivity index (χ4n) is 3.94. The molecule has 1 saturated heterocycles. The average molecular weight is 412 g/mol. The lowest BCUT2D eigenvalue weighted by atomic mass is 10.0. The van der Waals surface area contributed by atoms with E-state index in [9.17, 15) is 14.4 Å². The normalized spacial score (nSPS) is 14.5. The van der Waals surface area contributed by atoms with E-state index in [-0.39, 0.29) is 17.9 Å². The van der Waals surface area contributed by atoms with Crippen molar-refractivity contribution in [3.05, 3.63) is 47.0 Å². The van der Waals surface area contributed by atoms with Crippen molar-refractivity contribution in [2.75, 3.05) is 25.0 Å². The highest BCUT2D eigenvalue weighted by molar-refractivity contribution is 6.04. The van der Waals surface area contributed by atoms with Gasteiger partial charge in [0.1, 0.15) is 11.5 Å². The van der Waals surface area contributed by atoms with Crippen molar-refractivity contribution in [1.82, 2.24) is 14.5 Å². The monoisotopic (exact) mass is 412 g/mol. The van der Waals surface area contributed by atoms with E-state index >= 15 is 0 Å². The Bertz CT molecular complexity index is 941. The van der Waals surface area contributed by atoms with Crippen LogP contribution in [-0.2, 0) is 9.53 Å². The van der Waals surface area contributed by atoms with Gasteiger partial charge in [0.25, 0.3) is 5.91 Å². The number of esters is 1. The van der Waals surface area contributed by atoms with Crippen LogP contribution in [0.25, 0.3) is 0 Å². The molecule has 0 saturated carbocycles. The third kappa shape index (κ3) is 4.53. The minimum atomic E-state index is -0.392. The van der Waals surface area contributed by atoms with Gasteiger partial charge >= 0.3 is 5.97 Å². The zero-order valence-electron chi connectivity index (χ0n) is 17.9. The Kier molecular flexibility index (Phi) is 6.54. The summed E-state index contributed by atoms with van der Waals surface area (Å²) in [5.41, 5.74) is 2.21. The number of hydrogen-bond acceptors (Lipinski definition) is 5. The first kappa shape index (κ1) is 21.5. The van der Waals surface area contributed by atoms with Gasteiger partial charge in [0.2, 0.25) is 5.91 Å². The molecule has 160 valence electrons. The summed E-state index contributed by atoms with van der Waals surface area (Å²) in [7, 11) is 0. The number of likely N-dealkylation sites (tertiary alicyclic amines) is 1. The van der Waals surface area contributed by atoms with Crippen LogP contribution < -0.4 is 5.32 Å². The molecule has 1 aromatic heterocycles. The van der Waals surface area contributed by atoms with Crippen LogP contribution in [-0.4, -0.2) is 51.9 Å². The summed E-state index contributed by atoms with van der Waals surface area (Å²) in [6.45, 7) is 8.88. The number of carbonyl (C=O) groups is 3. The number of anilines is 1. The molecule has 8 heteroatoms. The summed E-state index contributed by atoms with van der Waals surface area (Å²) in [5.74, 6) is 0.203. The van der Waals surface area contributed by atoms with Gasteiger partial charge in [-0.1, -0.05) is 0 Å². The molecule has 3 rings (SSSR count). The highest BCUT2D eigenvalue weighted by Crippen LogP contribution is 2.27. The van der Waals surface area contributed by atoms with E-state index in [4.69, 9.17) is 4.74 Å². The van der Waals surface area contributed by atoms with Crippen LogP contribution in [0, 0.1) is 13.8 Å². The zero-order chi connectivity index (χ0) is 21.8. The Morgan fingerprint density at radius 2 is 1.77 bits per heavy atom. The molecule has 0 atom stereocenters. The Labute approximate surface area is 176 Å². The first-order valence-corrected chi connectivity index (χ1v) is 10.2. The van der Waals surface area contributed by atoms with E-state index in [1.807, 2.05) is 18.7 Å². The number of imidazole rings is 1. The molecule has 2 heterocycles. The Morgan fingerprint density at radius 1 is 1.13 bits per heavy atom. The molecule has 30 heavy (non-hydrogen) atoms. The van der Waals surface area contributed by atoms with Crippen LogP contribution in [0.3, 0.4) is 0 Å². The van der Waals surface area contributed by atoms with E-state index in [1.165, 1.54) is 0 Å². The van der Waals surface area contributed by atoms with Crippen LogP contribution in [0.2, 0.25) is 0 Å². The number of rotatable bonds is 5. The molecule has 2 amide bonds. The number of ether oxygens (including phenoxy) is 1. The fraction of sp³-hybridized carbons (Fsp3) is 0.455. The summed E-state index contributed by atoms with van der Waals surface area (Å²) in [5, 5.41) is 2.84. The minimum absolute atomic E-state index is 0.0987. The summed E-state index contributed by atoms with van der Waals surface area (Å²) in [6, 6.07) is 6.79. The number of aromatic nitrogens is 2. The summed E-state index contributed by atoms with van der Waals surface area (Å²) in [4.78, 5) is 42.5. The van der Waals surface area contributed by atoms with E-state index < -0.39 is 5.97 Å². The molecule has 0 aliphatic carbocycles. The van der Waals surface area contributed by atoms with Crippen molar-refractivity contribution in [3.63, 3.8) is 0 Å². The van der Waals surface area contributed by atoms with Crippen LogP contribution in [0.15, 0.2) is 24.3 Å². The quantitative estimate of drug-likeness (QED) is 0.762. The Morgan fingerprint density at radius 3 is 2.33 bits per heavy atom. The number of aryl methyl sites for hydroxylation is 1. The number of carbonyl (C=O) groups excluding carboxylic acids is 3. The fourth-order valence-corrected chi connectivity index (χ4v) is 3.94. The number of benzene rings is 1. The molecule has 1 aromatic carbocycles. The lowest BCUT2D eigenvalue weighted by molar-refractivity contribution is -0.130. The molecule has 8 nitrogen and oxygen atoms in total. The average Bonchev–Trinajstić information content (AvgIpc) is 3.03. The van der Waals surface area contributed by atoms with Gasteiger partial charge in [0.05, 0.1) is 12.2 Å². The third-order valence-electron chi connectivity index (χ3n) is 5.47. The van der Waals surface area contributed by atoms with Gasteiger partial charge < -0.3 is 19.5 Å². The molecule has 0 radical (unpaired) electrons. The molecule has 0 unspecified atom stereocenters. The van der Waals surface area contributed by atoms with Crippen LogP contribution in [0.4, 0.5) is 5.69 Å². The van der Waals surface area contributed by atoms with Crippen molar-refractivity contribution in [1.29, 1.82) is 0 Å². The molecular formula is C22H28N4O4. The van der Waals surface area contributed by atoms with Crippen LogP contribution in [0.1, 0.15) is 65.1 Å². The van der Waals surface area contributed by atoms with Crippen molar-refractivity contribution in [2.45, 2.75) is 46.6 Å². The summed E-state index contributed by atoms with van der Waals surface area (Å²) < 4.78 is 7.07. The lowest BCUT2D eigenvalue weighted by Gasteiger charge is -2.33. The molecule has 1 N–H and O–H groups in total. The minimum Gasteiger partial charge on any atom is -0.462 e. The standard InChI is InChI=1S/C22H28N4O4/c1-5-30-22(29)17-6-8-18(9-7-17)24-21(28)20-14(2)26(15(3)23-20)19-10-12-25(13-11-19)16(4)27/h6-9,19H,5,10-13H2,1-4H3,(H,24,28). The number of piperidine rings is 1. The second-order valence-corrected chi connectivity index (χ2v) is 7.45. The summed E-state index contributed by atoms with van der Waals surface area (Å²) in [6.07, 6.45) is 1.68. The van der Waals surface area contributed by atoms with Gasteiger partial charge in [0, 0.05) is 37.4 Å². The second kappa shape index (κ2) is 9.11. The maximum Gasteiger partial charge on any atom is 0.338 e. The van der Waals surface area contributed by atoms with E-state index in [2.05, 4.69) is 14.9 Å². The molecule has 1 aliphatic rings.